The van der Waals surface area contributed by atoms with Crippen molar-refractivity contribution in [3.63, 3.8) is 0 Å². The molecule has 0 aliphatic rings. The van der Waals surface area contributed by atoms with Crippen molar-refractivity contribution in [1.82, 2.24) is 9.78 Å². The van der Waals surface area contributed by atoms with E-state index in [9.17, 15) is 0 Å². The first-order chi connectivity index (χ1) is 5.68. The van der Waals surface area contributed by atoms with E-state index in [-0.39, 0.29) is 0 Å². The number of benzene rings is 1. The Morgan fingerprint density at radius 1 is 1.50 bits per heavy atom. The first-order valence-corrected chi connectivity index (χ1v) is 3.93. The summed E-state index contributed by atoms with van der Waals surface area (Å²) in [5, 5.41) is 5.69. The summed E-state index contributed by atoms with van der Waals surface area (Å²) < 4.78 is 1.73. The number of hydrogen-bond donors (Lipinski definition) is 1. The number of aromatic nitrogens is 2. The van der Waals surface area contributed by atoms with Crippen molar-refractivity contribution in [2.24, 2.45) is 7.05 Å². The Morgan fingerprint density at radius 2 is 2.25 bits per heavy atom. The molecule has 2 aromatic rings. The number of rotatable bonds is 0. The zero-order valence-electron chi connectivity index (χ0n) is 6.58. The Labute approximate surface area is 74.7 Å². The van der Waals surface area contributed by atoms with Gasteiger partial charge in [0.15, 0.2) is 0 Å². The summed E-state index contributed by atoms with van der Waals surface area (Å²) in [5.41, 5.74) is 7.20. The number of nitrogen functional groups attached to an aromatic ring is 1. The van der Waals surface area contributed by atoms with Crippen molar-refractivity contribution < 1.29 is 0 Å². The van der Waals surface area contributed by atoms with Gasteiger partial charge in [-0.1, -0.05) is 11.6 Å². The highest BCUT2D eigenvalue weighted by Gasteiger charge is 2.04. The van der Waals surface area contributed by atoms with Crippen molar-refractivity contribution in [3.05, 3.63) is 23.4 Å². The Balaban J connectivity index is 2.93. The molecule has 4 heteroatoms. The van der Waals surface area contributed by atoms with E-state index >= 15 is 0 Å². The molecule has 3 nitrogen and oxygen atoms in total. The molecule has 0 radical (unpaired) electrons. The lowest BCUT2D eigenvalue weighted by Crippen LogP contribution is -1.90. The van der Waals surface area contributed by atoms with Crippen LogP contribution >= 0.6 is 11.6 Å². The Hall–Kier alpha value is -1.22. The van der Waals surface area contributed by atoms with Crippen LogP contribution in [-0.4, -0.2) is 9.78 Å². The molecule has 12 heavy (non-hydrogen) atoms. The fraction of sp³-hybridized carbons (Fsp3) is 0.125. The Morgan fingerprint density at radius 3 is 3.00 bits per heavy atom. The maximum Gasteiger partial charge on any atom is 0.0866 e. The minimum atomic E-state index is 0.644. The van der Waals surface area contributed by atoms with E-state index in [1.807, 2.05) is 13.1 Å². The van der Waals surface area contributed by atoms with Gasteiger partial charge in [-0.3, -0.25) is 4.68 Å². The van der Waals surface area contributed by atoms with Crippen LogP contribution in [0.15, 0.2) is 18.3 Å². The maximum atomic E-state index is 5.97. The van der Waals surface area contributed by atoms with Crippen LogP contribution in [0.5, 0.6) is 0 Å². The molecule has 0 saturated heterocycles. The molecule has 0 bridgehead atoms. The molecule has 62 valence electrons. The third-order valence-corrected chi connectivity index (χ3v) is 2.10. The Kier molecular flexibility index (Phi) is 1.48. The third-order valence-electron chi connectivity index (χ3n) is 1.81. The van der Waals surface area contributed by atoms with Crippen LogP contribution in [0.3, 0.4) is 0 Å². The van der Waals surface area contributed by atoms with Crippen LogP contribution in [0, 0.1) is 0 Å². The van der Waals surface area contributed by atoms with E-state index in [0.29, 0.717) is 10.7 Å². The average molecular weight is 182 g/mol. The summed E-state index contributed by atoms with van der Waals surface area (Å²) >= 11 is 5.97. The lowest BCUT2D eigenvalue weighted by Gasteiger charge is -1.98. The zero-order valence-corrected chi connectivity index (χ0v) is 7.34. The predicted molar refractivity (Wildman–Crippen MR) is 50.1 cm³/mol. The second kappa shape index (κ2) is 2.38. The summed E-state index contributed by atoms with van der Waals surface area (Å²) in [6.07, 6.45) is 1.75. The average Bonchev–Trinajstić information content (AvgIpc) is 2.31. The molecule has 0 atom stereocenters. The van der Waals surface area contributed by atoms with Gasteiger partial charge in [0, 0.05) is 18.1 Å². The molecule has 0 aliphatic carbocycles. The van der Waals surface area contributed by atoms with Gasteiger partial charge in [0.25, 0.3) is 0 Å². The molecule has 0 spiro atoms. The first-order valence-electron chi connectivity index (χ1n) is 3.55. The smallest absolute Gasteiger partial charge is 0.0866 e. The number of halogens is 1. The molecule has 0 unspecified atom stereocenters. The van der Waals surface area contributed by atoms with Crippen molar-refractivity contribution in [3.8, 4) is 0 Å². The van der Waals surface area contributed by atoms with Crippen LogP contribution in [-0.2, 0) is 7.05 Å². The van der Waals surface area contributed by atoms with E-state index in [1.165, 1.54) is 0 Å². The van der Waals surface area contributed by atoms with Gasteiger partial charge in [0.2, 0.25) is 0 Å². The van der Waals surface area contributed by atoms with Gasteiger partial charge >= 0.3 is 0 Å². The SMILES string of the molecule is Cn1ncc2cc(N)cc(Cl)c21. The number of fused-ring (bicyclic) bond motifs is 1. The van der Waals surface area contributed by atoms with Crippen LogP contribution in [0.4, 0.5) is 5.69 Å². The highest BCUT2D eigenvalue weighted by atomic mass is 35.5. The third kappa shape index (κ3) is 0.940. The molecular formula is C8H8ClN3. The van der Waals surface area contributed by atoms with E-state index in [1.54, 1.807) is 16.9 Å². The van der Waals surface area contributed by atoms with Gasteiger partial charge in [-0.2, -0.15) is 5.10 Å². The molecule has 0 aliphatic heterocycles. The van der Waals surface area contributed by atoms with Gasteiger partial charge in [-0.25, -0.2) is 0 Å². The normalized spacial score (nSPS) is 10.8. The second-order valence-electron chi connectivity index (χ2n) is 2.71. The maximum absolute atomic E-state index is 5.97. The molecule has 2 N–H and O–H groups in total. The van der Waals surface area contributed by atoms with Gasteiger partial charge in [-0.05, 0) is 12.1 Å². The lowest BCUT2D eigenvalue weighted by molar-refractivity contribution is 0.797. The lowest BCUT2D eigenvalue weighted by atomic mass is 10.2. The summed E-state index contributed by atoms with van der Waals surface area (Å²) in [6, 6.07) is 3.58. The Bertz CT molecular complexity index is 433. The number of nitrogens with zero attached hydrogens (tertiary/aromatic N) is 2. The molecule has 0 amide bonds. The van der Waals surface area contributed by atoms with Crippen molar-refractivity contribution in [2.45, 2.75) is 0 Å². The van der Waals surface area contributed by atoms with Crippen molar-refractivity contribution in [1.29, 1.82) is 0 Å². The van der Waals surface area contributed by atoms with E-state index in [0.717, 1.165) is 10.9 Å². The van der Waals surface area contributed by atoms with Crippen LogP contribution < -0.4 is 5.73 Å². The standard InChI is InChI=1S/C8H8ClN3/c1-12-8-5(4-11-12)2-6(10)3-7(8)9/h2-4H,10H2,1H3. The highest BCUT2D eigenvalue weighted by molar-refractivity contribution is 6.35. The van der Waals surface area contributed by atoms with Gasteiger partial charge < -0.3 is 5.73 Å². The van der Waals surface area contributed by atoms with Gasteiger partial charge in [0.1, 0.15) is 0 Å². The molecule has 0 fully saturated rings. The second-order valence-corrected chi connectivity index (χ2v) is 3.12. The first kappa shape index (κ1) is 7.43. The van der Waals surface area contributed by atoms with Crippen LogP contribution in [0.25, 0.3) is 10.9 Å². The predicted octanol–water partition coefficient (Wildman–Crippen LogP) is 1.81. The molecule has 1 aromatic carbocycles. The largest absolute Gasteiger partial charge is 0.399 e. The fourth-order valence-corrected chi connectivity index (χ4v) is 1.65. The summed E-state index contributed by atoms with van der Waals surface area (Å²) in [6.45, 7) is 0. The summed E-state index contributed by atoms with van der Waals surface area (Å²) in [4.78, 5) is 0. The van der Waals surface area contributed by atoms with E-state index in [4.69, 9.17) is 17.3 Å². The zero-order chi connectivity index (χ0) is 8.72. The van der Waals surface area contributed by atoms with E-state index in [2.05, 4.69) is 5.10 Å². The number of anilines is 1. The van der Waals surface area contributed by atoms with Crippen molar-refractivity contribution >= 4 is 28.2 Å². The van der Waals surface area contributed by atoms with Gasteiger partial charge in [0.05, 0.1) is 16.7 Å². The van der Waals surface area contributed by atoms with E-state index < -0.39 is 0 Å². The summed E-state index contributed by atoms with van der Waals surface area (Å²) in [5.74, 6) is 0. The molecular weight excluding hydrogens is 174 g/mol. The quantitative estimate of drug-likeness (QED) is 0.630. The fourth-order valence-electron chi connectivity index (χ4n) is 1.29. The molecule has 1 heterocycles. The van der Waals surface area contributed by atoms with Crippen LogP contribution in [0.2, 0.25) is 5.02 Å². The molecule has 1 aromatic heterocycles. The number of hydrogen-bond acceptors (Lipinski definition) is 2. The molecule has 0 saturated carbocycles. The monoisotopic (exact) mass is 181 g/mol. The topological polar surface area (TPSA) is 43.8 Å². The number of aryl methyl sites for hydroxylation is 1. The van der Waals surface area contributed by atoms with Crippen molar-refractivity contribution in [2.75, 3.05) is 5.73 Å². The number of nitrogens with two attached hydrogens (primary N) is 1. The highest BCUT2D eigenvalue weighted by Crippen LogP contribution is 2.25. The van der Waals surface area contributed by atoms with Crippen LogP contribution in [0.1, 0.15) is 0 Å². The minimum Gasteiger partial charge on any atom is -0.399 e. The summed E-state index contributed by atoms with van der Waals surface area (Å²) in [7, 11) is 1.85. The minimum absolute atomic E-state index is 0.644. The van der Waals surface area contributed by atoms with Gasteiger partial charge in [-0.15, -0.1) is 0 Å². The molecule has 2 rings (SSSR count).